The zero-order valence-corrected chi connectivity index (χ0v) is 11.7. The molecule has 0 aromatic carbocycles. The van der Waals surface area contributed by atoms with Crippen LogP contribution in [0.2, 0.25) is 0 Å². The lowest BCUT2D eigenvalue weighted by molar-refractivity contribution is 0.443. The first-order valence-electron chi connectivity index (χ1n) is 6.99. The Hall–Kier alpha value is -1.32. The van der Waals surface area contributed by atoms with Crippen LogP contribution < -0.4 is 10.6 Å². The van der Waals surface area contributed by atoms with Gasteiger partial charge in [-0.25, -0.2) is 9.97 Å². The van der Waals surface area contributed by atoms with E-state index in [9.17, 15) is 0 Å². The predicted molar refractivity (Wildman–Crippen MR) is 75.8 cm³/mol. The van der Waals surface area contributed by atoms with Crippen molar-refractivity contribution < 1.29 is 0 Å². The quantitative estimate of drug-likeness (QED) is 0.893. The van der Waals surface area contributed by atoms with Gasteiger partial charge >= 0.3 is 0 Å². The third kappa shape index (κ3) is 2.74. The Labute approximate surface area is 110 Å². The summed E-state index contributed by atoms with van der Waals surface area (Å²) in [6.07, 6.45) is 4.52. The normalized spacial score (nSPS) is 20.2. The van der Waals surface area contributed by atoms with Crippen molar-refractivity contribution in [2.75, 3.05) is 23.7 Å². The van der Waals surface area contributed by atoms with Crippen molar-refractivity contribution in [3.05, 3.63) is 11.4 Å². The van der Waals surface area contributed by atoms with Gasteiger partial charge in [0.05, 0.1) is 0 Å². The maximum Gasteiger partial charge on any atom is 0.137 e. The molecule has 1 aromatic rings. The largest absolute Gasteiger partial charge is 0.383 e. The van der Waals surface area contributed by atoms with E-state index in [1.165, 1.54) is 12.8 Å². The minimum Gasteiger partial charge on any atom is -0.383 e. The van der Waals surface area contributed by atoms with Crippen LogP contribution in [0.1, 0.15) is 44.5 Å². The Morgan fingerprint density at radius 2 is 2.17 bits per heavy atom. The molecule has 4 heteroatoms. The number of nitrogen functional groups attached to an aromatic ring is 1. The van der Waals surface area contributed by atoms with Crippen LogP contribution in [0.15, 0.2) is 0 Å². The lowest BCUT2D eigenvalue weighted by atomic mass is 10.00. The Morgan fingerprint density at radius 1 is 1.39 bits per heavy atom. The minimum atomic E-state index is 0.640. The summed E-state index contributed by atoms with van der Waals surface area (Å²) in [6.45, 7) is 8.65. The van der Waals surface area contributed by atoms with E-state index in [0.29, 0.717) is 5.82 Å². The topological polar surface area (TPSA) is 55.0 Å². The fourth-order valence-corrected chi connectivity index (χ4v) is 2.59. The second-order valence-electron chi connectivity index (χ2n) is 5.42. The van der Waals surface area contributed by atoms with E-state index in [1.807, 2.05) is 6.92 Å². The van der Waals surface area contributed by atoms with Gasteiger partial charge in [0.1, 0.15) is 17.5 Å². The number of nitrogens with two attached hydrogens (primary N) is 1. The van der Waals surface area contributed by atoms with Crippen LogP contribution >= 0.6 is 0 Å². The molecule has 0 aliphatic carbocycles. The number of nitrogens with zero attached hydrogens (tertiary/aromatic N) is 3. The minimum absolute atomic E-state index is 0.640. The number of aromatic nitrogens is 2. The van der Waals surface area contributed by atoms with Gasteiger partial charge in [0.15, 0.2) is 0 Å². The molecule has 1 aliphatic rings. The van der Waals surface area contributed by atoms with Gasteiger partial charge in [0.25, 0.3) is 0 Å². The van der Waals surface area contributed by atoms with Crippen LogP contribution in [0.3, 0.4) is 0 Å². The molecule has 1 aliphatic heterocycles. The van der Waals surface area contributed by atoms with Crippen LogP contribution in [0, 0.1) is 12.8 Å². The second kappa shape index (κ2) is 5.55. The molecule has 1 saturated heterocycles. The van der Waals surface area contributed by atoms with Crippen LogP contribution in [0.5, 0.6) is 0 Å². The molecule has 2 rings (SSSR count). The van der Waals surface area contributed by atoms with Gasteiger partial charge in [0, 0.05) is 25.1 Å². The molecule has 18 heavy (non-hydrogen) atoms. The van der Waals surface area contributed by atoms with Crippen LogP contribution in [0.4, 0.5) is 11.6 Å². The first kappa shape index (κ1) is 13.1. The molecule has 1 fully saturated rings. The highest BCUT2D eigenvalue weighted by Crippen LogP contribution is 2.26. The maximum absolute atomic E-state index is 6.02. The number of rotatable bonds is 3. The Bertz CT molecular complexity index is 417. The molecule has 0 radical (unpaired) electrons. The van der Waals surface area contributed by atoms with E-state index in [2.05, 4.69) is 23.7 Å². The zero-order valence-electron chi connectivity index (χ0n) is 11.7. The lowest BCUT2D eigenvalue weighted by Gasteiger charge is -2.33. The van der Waals surface area contributed by atoms with Crippen molar-refractivity contribution in [3.63, 3.8) is 0 Å². The Morgan fingerprint density at radius 3 is 2.83 bits per heavy atom. The van der Waals surface area contributed by atoms with Crippen molar-refractivity contribution >= 4 is 11.6 Å². The van der Waals surface area contributed by atoms with Gasteiger partial charge in [-0.15, -0.1) is 0 Å². The first-order valence-corrected chi connectivity index (χ1v) is 6.99. The molecule has 2 heterocycles. The fraction of sp³-hybridized carbons (Fsp3) is 0.714. The fourth-order valence-electron chi connectivity index (χ4n) is 2.59. The van der Waals surface area contributed by atoms with E-state index in [1.54, 1.807) is 0 Å². The van der Waals surface area contributed by atoms with Crippen LogP contribution in [0.25, 0.3) is 0 Å². The maximum atomic E-state index is 6.02. The summed E-state index contributed by atoms with van der Waals surface area (Å²) in [5.74, 6) is 3.32. The molecule has 0 saturated carbocycles. The van der Waals surface area contributed by atoms with Crippen molar-refractivity contribution in [1.82, 2.24) is 9.97 Å². The molecule has 0 spiro atoms. The summed E-state index contributed by atoms with van der Waals surface area (Å²) >= 11 is 0. The van der Waals surface area contributed by atoms with E-state index >= 15 is 0 Å². The van der Waals surface area contributed by atoms with E-state index < -0.39 is 0 Å². The zero-order chi connectivity index (χ0) is 13.1. The number of piperidine rings is 1. The molecular weight excluding hydrogens is 224 g/mol. The smallest absolute Gasteiger partial charge is 0.137 e. The first-order chi connectivity index (χ1) is 8.61. The van der Waals surface area contributed by atoms with E-state index in [-0.39, 0.29) is 0 Å². The molecule has 0 bridgehead atoms. The highest BCUT2D eigenvalue weighted by atomic mass is 15.2. The molecule has 4 nitrogen and oxygen atoms in total. The van der Waals surface area contributed by atoms with Gasteiger partial charge in [-0.1, -0.05) is 13.8 Å². The number of anilines is 2. The summed E-state index contributed by atoms with van der Waals surface area (Å²) < 4.78 is 0. The summed E-state index contributed by atoms with van der Waals surface area (Å²) in [5.41, 5.74) is 7.05. The Kier molecular flexibility index (Phi) is 4.04. The van der Waals surface area contributed by atoms with Crippen LogP contribution in [-0.4, -0.2) is 23.1 Å². The van der Waals surface area contributed by atoms with Gasteiger partial charge in [-0.2, -0.15) is 0 Å². The molecule has 1 unspecified atom stereocenters. The SMILES string of the molecule is CCCc1nc(N)c(C)c(N2CCCC(C)C2)n1. The predicted octanol–water partition coefficient (Wildman–Crippen LogP) is 2.56. The average molecular weight is 248 g/mol. The number of aryl methyl sites for hydroxylation is 1. The van der Waals surface area contributed by atoms with Crippen molar-refractivity contribution in [3.8, 4) is 0 Å². The van der Waals surface area contributed by atoms with E-state index in [0.717, 1.165) is 49.1 Å². The highest BCUT2D eigenvalue weighted by molar-refractivity contribution is 5.56. The van der Waals surface area contributed by atoms with Gasteiger partial charge < -0.3 is 10.6 Å². The van der Waals surface area contributed by atoms with Crippen LogP contribution in [-0.2, 0) is 6.42 Å². The number of hydrogen-bond acceptors (Lipinski definition) is 4. The van der Waals surface area contributed by atoms with Crippen molar-refractivity contribution in [1.29, 1.82) is 0 Å². The third-order valence-corrected chi connectivity index (χ3v) is 3.63. The average Bonchev–Trinajstić information content (AvgIpc) is 2.34. The molecule has 1 atom stereocenters. The second-order valence-corrected chi connectivity index (χ2v) is 5.42. The monoisotopic (exact) mass is 248 g/mol. The third-order valence-electron chi connectivity index (χ3n) is 3.63. The Balaban J connectivity index is 2.30. The van der Waals surface area contributed by atoms with E-state index in [4.69, 9.17) is 10.7 Å². The standard InChI is InChI=1S/C14H24N4/c1-4-6-12-16-13(15)11(3)14(17-12)18-8-5-7-10(2)9-18/h10H,4-9H2,1-3H3,(H2,15,16,17). The summed E-state index contributed by atoms with van der Waals surface area (Å²) in [7, 11) is 0. The summed E-state index contributed by atoms with van der Waals surface area (Å²) in [4.78, 5) is 11.5. The number of hydrogen-bond donors (Lipinski definition) is 1. The van der Waals surface area contributed by atoms with Crippen molar-refractivity contribution in [2.45, 2.75) is 46.5 Å². The molecule has 0 amide bonds. The van der Waals surface area contributed by atoms with Crippen molar-refractivity contribution in [2.24, 2.45) is 5.92 Å². The highest BCUT2D eigenvalue weighted by Gasteiger charge is 2.20. The van der Waals surface area contributed by atoms with Gasteiger partial charge in [0.2, 0.25) is 0 Å². The van der Waals surface area contributed by atoms with Gasteiger partial charge in [-0.3, -0.25) is 0 Å². The summed E-state index contributed by atoms with van der Waals surface area (Å²) in [5, 5.41) is 0. The molecule has 2 N–H and O–H groups in total. The summed E-state index contributed by atoms with van der Waals surface area (Å²) in [6, 6.07) is 0. The molecule has 1 aromatic heterocycles. The molecule has 100 valence electrons. The molecular formula is C14H24N4. The van der Waals surface area contributed by atoms with Gasteiger partial charge in [-0.05, 0) is 32.1 Å². The lowest BCUT2D eigenvalue weighted by Crippen LogP contribution is -2.35.